The molecule has 0 saturated carbocycles. The predicted molar refractivity (Wildman–Crippen MR) is 129 cm³/mol. The van der Waals surface area contributed by atoms with Crippen molar-refractivity contribution in [2.24, 2.45) is 0 Å². The molecule has 1 aliphatic heterocycles. The highest BCUT2D eigenvalue weighted by atomic mass is 16.5. The van der Waals surface area contributed by atoms with Crippen molar-refractivity contribution in [1.82, 2.24) is 24.7 Å². The predicted octanol–water partition coefficient (Wildman–Crippen LogP) is 3.46. The van der Waals surface area contributed by atoms with Crippen LogP contribution in [0, 0.1) is 0 Å². The van der Waals surface area contributed by atoms with E-state index in [1.807, 2.05) is 12.1 Å². The van der Waals surface area contributed by atoms with E-state index in [9.17, 15) is 4.79 Å². The number of nitrogens with zero attached hydrogens (tertiary/aromatic N) is 4. The highest BCUT2D eigenvalue weighted by molar-refractivity contribution is 5.35. The van der Waals surface area contributed by atoms with Crippen LogP contribution in [-0.2, 0) is 4.74 Å². The maximum atomic E-state index is 11.6. The maximum Gasteiger partial charge on any atom is 0.364 e. The van der Waals surface area contributed by atoms with Gasteiger partial charge in [-0.15, -0.1) is 5.10 Å². The van der Waals surface area contributed by atoms with Gasteiger partial charge < -0.3 is 14.4 Å². The fraction of sp³-hybridized carbons (Fsp3) is 0.346. The lowest BCUT2D eigenvalue weighted by atomic mass is 10.00. The first-order valence-electron chi connectivity index (χ1n) is 11.8. The third-order valence-corrected chi connectivity index (χ3v) is 6.19. The van der Waals surface area contributed by atoms with Crippen LogP contribution in [0.2, 0.25) is 0 Å². The molecule has 1 N–H and O–H groups in total. The van der Waals surface area contributed by atoms with Crippen LogP contribution in [0.1, 0.15) is 36.5 Å². The summed E-state index contributed by atoms with van der Waals surface area (Å²) in [7, 11) is 0. The molecule has 0 unspecified atom stereocenters. The van der Waals surface area contributed by atoms with Gasteiger partial charge in [0.25, 0.3) is 0 Å². The number of piperidine rings is 1. The van der Waals surface area contributed by atoms with Crippen LogP contribution in [-0.4, -0.2) is 57.1 Å². The van der Waals surface area contributed by atoms with Crippen LogP contribution in [0.4, 0.5) is 0 Å². The minimum Gasteiger partial charge on any atom is -0.477 e. The number of benzene rings is 2. The molecule has 176 valence electrons. The van der Waals surface area contributed by atoms with E-state index in [0.717, 1.165) is 38.9 Å². The Balaban J connectivity index is 1.09. The first kappa shape index (κ1) is 22.3. The molecule has 1 saturated heterocycles. The summed E-state index contributed by atoms with van der Waals surface area (Å²) in [4.78, 5) is 14.1. The molecular formula is C26H29N5O3. The van der Waals surface area contributed by atoms with Crippen molar-refractivity contribution < 1.29 is 9.47 Å². The van der Waals surface area contributed by atoms with Gasteiger partial charge in [0.2, 0.25) is 5.88 Å². The fourth-order valence-electron chi connectivity index (χ4n) is 4.39. The zero-order valence-electron chi connectivity index (χ0n) is 19.0. The van der Waals surface area contributed by atoms with Gasteiger partial charge in [0.05, 0.1) is 12.7 Å². The van der Waals surface area contributed by atoms with Gasteiger partial charge >= 0.3 is 5.69 Å². The van der Waals surface area contributed by atoms with E-state index in [1.54, 1.807) is 12.1 Å². The average molecular weight is 460 g/mol. The molecule has 1 fully saturated rings. The second-order valence-electron chi connectivity index (χ2n) is 8.55. The summed E-state index contributed by atoms with van der Waals surface area (Å²) >= 11 is 0. The van der Waals surface area contributed by atoms with Gasteiger partial charge in [0.15, 0.2) is 5.65 Å². The van der Waals surface area contributed by atoms with Crippen molar-refractivity contribution in [3.05, 3.63) is 94.4 Å². The molecule has 34 heavy (non-hydrogen) atoms. The second kappa shape index (κ2) is 10.6. The van der Waals surface area contributed by atoms with Crippen LogP contribution >= 0.6 is 0 Å². The van der Waals surface area contributed by atoms with Gasteiger partial charge in [-0.25, -0.2) is 9.89 Å². The zero-order chi connectivity index (χ0) is 23.2. The van der Waals surface area contributed by atoms with Crippen LogP contribution in [0.5, 0.6) is 5.88 Å². The zero-order valence-corrected chi connectivity index (χ0v) is 19.0. The van der Waals surface area contributed by atoms with Gasteiger partial charge in [-0.05, 0) is 36.5 Å². The van der Waals surface area contributed by atoms with Crippen molar-refractivity contribution in [3.63, 3.8) is 0 Å². The number of nitrogens with one attached hydrogen (secondary N) is 1. The molecule has 0 radical (unpaired) electrons. The average Bonchev–Trinajstić information content (AvgIpc) is 3.27. The number of fused-ring (bicyclic) bond motifs is 1. The molecule has 8 nitrogen and oxygen atoms in total. The maximum absolute atomic E-state index is 11.6. The third-order valence-electron chi connectivity index (χ3n) is 6.19. The van der Waals surface area contributed by atoms with Gasteiger partial charge in [0, 0.05) is 25.7 Å². The van der Waals surface area contributed by atoms with E-state index in [-0.39, 0.29) is 17.9 Å². The number of aromatic nitrogens is 4. The summed E-state index contributed by atoms with van der Waals surface area (Å²) in [5.74, 6) is 0.427. The van der Waals surface area contributed by atoms with E-state index in [1.165, 1.54) is 15.6 Å². The Labute approximate surface area is 198 Å². The molecule has 0 bridgehead atoms. The lowest BCUT2D eigenvalue weighted by Gasteiger charge is -2.34. The Bertz CT molecular complexity index is 1190. The summed E-state index contributed by atoms with van der Waals surface area (Å²) in [6.07, 6.45) is 3.11. The van der Waals surface area contributed by atoms with E-state index >= 15 is 0 Å². The SMILES string of the molecule is O=c1[nH]nc2ccc(OCCCN3CCC(OC(c4ccccc4)c4ccccc4)CC3)nn12. The van der Waals surface area contributed by atoms with Crippen molar-refractivity contribution in [3.8, 4) is 5.88 Å². The largest absolute Gasteiger partial charge is 0.477 e. The summed E-state index contributed by atoms with van der Waals surface area (Å²) < 4.78 is 13.6. The normalized spacial score (nSPS) is 15.2. The van der Waals surface area contributed by atoms with Crippen LogP contribution in [0.3, 0.4) is 0 Å². The summed E-state index contributed by atoms with van der Waals surface area (Å²) in [6.45, 7) is 3.53. The van der Waals surface area contributed by atoms with E-state index < -0.39 is 0 Å². The molecule has 2 aromatic carbocycles. The Morgan fingerprint density at radius 2 is 1.62 bits per heavy atom. The smallest absolute Gasteiger partial charge is 0.364 e. The summed E-state index contributed by atoms with van der Waals surface area (Å²) in [5, 5.41) is 10.4. The molecule has 8 heteroatoms. The lowest BCUT2D eigenvalue weighted by Crippen LogP contribution is -2.38. The molecule has 4 aromatic rings. The molecule has 5 rings (SSSR count). The second-order valence-corrected chi connectivity index (χ2v) is 8.55. The summed E-state index contributed by atoms with van der Waals surface area (Å²) in [5.41, 5.74) is 2.49. The Kier molecular flexibility index (Phi) is 6.97. The molecule has 2 aromatic heterocycles. The molecule has 0 aliphatic carbocycles. The fourth-order valence-corrected chi connectivity index (χ4v) is 4.39. The molecule has 1 aliphatic rings. The highest BCUT2D eigenvalue weighted by Gasteiger charge is 2.24. The van der Waals surface area contributed by atoms with Gasteiger partial charge in [-0.1, -0.05) is 60.7 Å². The van der Waals surface area contributed by atoms with Crippen molar-refractivity contribution in [1.29, 1.82) is 0 Å². The molecule has 0 atom stereocenters. The minimum atomic E-state index is -0.368. The van der Waals surface area contributed by atoms with Gasteiger partial charge in [-0.2, -0.15) is 9.61 Å². The quantitative estimate of drug-likeness (QED) is 0.386. The molecular weight excluding hydrogens is 430 g/mol. The first-order chi connectivity index (χ1) is 16.8. The van der Waals surface area contributed by atoms with Crippen molar-refractivity contribution in [2.75, 3.05) is 26.2 Å². The minimum absolute atomic E-state index is 0.0417. The van der Waals surface area contributed by atoms with Crippen molar-refractivity contribution in [2.45, 2.75) is 31.5 Å². The van der Waals surface area contributed by atoms with Crippen LogP contribution in [0.25, 0.3) is 5.65 Å². The van der Waals surface area contributed by atoms with E-state index in [0.29, 0.717) is 18.1 Å². The number of hydrogen-bond donors (Lipinski definition) is 1. The number of rotatable bonds is 9. The highest BCUT2D eigenvalue weighted by Crippen LogP contribution is 2.30. The number of aromatic amines is 1. The van der Waals surface area contributed by atoms with Crippen LogP contribution in [0.15, 0.2) is 77.6 Å². The first-order valence-corrected chi connectivity index (χ1v) is 11.8. The number of ether oxygens (including phenoxy) is 2. The van der Waals surface area contributed by atoms with Gasteiger partial charge in [-0.3, -0.25) is 0 Å². The monoisotopic (exact) mass is 459 g/mol. The molecule has 3 heterocycles. The number of likely N-dealkylation sites (tertiary alicyclic amines) is 1. The summed E-state index contributed by atoms with van der Waals surface area (Å²) in [6, 6.07) is 24.4. The standard InChI is InChI=1S/C26H29N5O3/c32-26-28-27-23-12-13-24(29-31(23)26)33-19-7-16-30-17-14-22(15-18-30)34-25(20-8-3-1-4-9-20)21-10-5-2-6-11-21/h1-6,8-13,22,25H,7,14-19H2,(H,28,32). The molecule has 0 spiro atoms. The van der Waals surface area contributed by atoms with Gasteiger partial charge in [0.1, 0.15) is 6.10 Å². The topological polar surface area (TPSA) is 84.8 Å². The molecule has 0 amide bonds. The van der Waals surface area contributed by atoms with Crippen molar-refractivity contribution >= 4 is 5.65 Å². The Morgan fingerprint density at radius 1 is 0.941 bits per heavy atom. The van der Waals surface area contributed by atoms with E-state index in [4.69, 9.17) is 9.47 Å². The number of H-pyrrole nitrogens is 1. The third kappa shape index (κ3) is 5.35. The van der Waals surface area contributed by atoms with E-state index in [2.05, 4.69) is 68.7 Å². The Morgan fingerprint density at radius 3 is 2.29 bits per heavy atom. The lowest BCUT2D eigenvalue weighted by molar-refractivity contribution is -0.0273. The number of hydrogen-bond acceptors (Lipinski definition) is 6. The van der Waals surface area contributed by atoms with Crippen LogP contribution < -0.4 is 10.4 Å². The Hall–Kier alpha value is -3.49.